The maximum absolute atomic E-state index is 12.6. The third-order valence-corrected chi connectivity index (χ3v) is 4.14. The molecule has 1 fully saturated rings. The average molecular weight is 392 g/mol. The van der Waals surface area contributed by atoms with Crippen LogP contribution in [0.25, 0.3) is 0 Å². The zero-order chi connectivity index (χ0) is 20.8. The zero-order valence-corrected chi connectivity index (χ0v) is 16.8. The van der Waals surface area contributed by atoms with Crippen LogP contribution in [0.1, 0.15) is 39.7 Å². The normalized spacial score (nSPS) is 19.1. The van der Waals surface area contributed by atoms with Crippen LogP contribution in [0.5, 0.6) is 0 Å². The first-order valence-corrected chi connectivity index (χ1v) is 9.29. The highest BCUT2D eigenvalue weighted by Gasteiger charge is 2.49. The first kappa shape index (κ1) is 21.5. The van der Waals surface area contributed by atoms with E-state index in [9.17, 15) is 14.4 Å². The predicted molar refractivity (Wildman–Crippen MR) is 102 cm³/mol. The topological polar surface area (TPSA) is 94.2 Å². The Kier molecular flexibility index (Phi) is 6.88. The molecular formula is C20H28N2O6. The van der Waals surface area contributed by atoms with Gasteiger partial charge in [-0.3, -0.25) is 0 Å². The van der Waals surface area contributed by atoms with Crippen LogP contribution in [0.3, 0.4) is 0 Å². The summed E-state index contributed by atoms with van der Waals surface area (Å²) < 4.78 is 15.7. The highest BCUT2D eigenvalue weighted by molar-refractivity contribution is 5.87. The number of carbonyl (C=O) groups excluding carboxylic acids is 3. The monoisotopic (exact) mass is 392 g/mol. The van der Waals surface area contributed by atoms with E-state index < -0.39 is 29.3 Å². The van der Waals surface area contributed by atoms with Crippen molar-refractivity contribution in [1.82, 2.24) is 10.2 Å². The summed E-state index contributed by atoms with van der Waals surface area (Å²) in [6.45, 7) is 7.42. The maximum atomic E-state index is 12.6. The van der Waals surface area contributed by atoms with E-state index in [2.05, 4.69) is 5.32 Å². The van der Waals surface area contributed by atoms with Crippen molar-refractivity contribution in [3.05, 3.63) is 35.9 Å². The van der Waals surface area contributed by atoms with Gasteiger partial charge in [0, 0.05) is 13.0 Å². The van der Waals surface area contributed by atoms with Gasteiger partial charge in [0.25, 0.3) is 0 Å². The molecule has 2 rings (SSSR count). The molecule has 2 amide bonds. The van der Waals surface area contributed by atoms with Gasteiger partial charge in [0.15, 0.2) is 5.54 Å². The molecule has 1 aliphatic heterocycles. The Balaban J connectivity index is 2.04. The SMILES string of the molecule is CCOC(=O)[C@]1(NC(=O)OCc2ccccc2)CCN(C(=O)OC(C)(C)C)C1. The Morgan fingerprint density at radius 3 is 2.43 bits per heavy atom. The quantitative estimate of drug-likeness (QED) is 0.612. The Hall–Kier alpha value is -2.77. The summed E-state index contributed by atoms with van der Waals surface area (Å²) in [6.07, 6.45) is -1.08. The van der Waals surface area contributed by atoms with Crippen molar-refractivity contribution in [2.45, 2.75) is 51.9 Å². The van der Waals surface area contributed by atoms with E-state index in [1.807, 2.05) is 30.3 Å². The van der Waals surface area contributed by atoms with Crippen molar-refractivity contribution in [3.8, 4) is 0 Å². The van der Waals surface area contributed by atoms with Gasteiger partial charge < -0.3 is 24.4 Å². The largest absolute Gasteiger partial charge is 0.464 e. The van der Waals surface area contributed by atoms with Crippen molar-refractivity contribution >= 4 is 18.2 Å². The fourth-order valence-corrected chi connectivity index (χ4v) is 2.84. The predicted octanol–water partition coefficient (Wildman–Crippen LogP) is 2.86. The van der Waals surface area contributed by atoms with Crippen molar-refractivity contribution < 1.29 is 28.6 Å². The van der Waals surface area contributed by atoms with Crippen LogP contribution in [0.15, 0.2) is 30.3 Å². The van der Waals surface area contributed by atoms with Crippen LogP contribution in [-0.4, -0.2) is 53.9 Å². The summed E-state index contributed by atoms with van der Waals surface area (Å²) in [6, 6.07) is 9.20. The second-order valence-corrected chi connectivity index (χ2v) is 7.64. The van der Waals surface area contributed by atoms with E-state index in [4.69, 9.17) is 14.2 Å². The first-order valence-electron chi connectivity index (χ1n) is 9.29. The molecule has 1 heterocycles. The van der Waals surface area contributed by atoms with Crippen LogP contribution in [0.4, 0.5) is 9.59 Å². The van der Waals surface area contributed by atoms with Crippen LogP contribution < -0.4 is 5.32 Å². The van der Waals surface area contributed by atoms with E-state index in [1.165, 1.54) is 4.90 Å². The van der Waals surface area contributed by atoms with E-state index >= 15 is 0 Å². The molecule has 1 saturated heterocycles. The number of rotatable bonds is 5. The molecule has 0 bridgehead atoms. The molecule has 154 valence electrons. The lowest BCUT2D eigenvalue weighted by Crippen LogP contribution is -2.57. The number of nitrogens with one attached hydrogen (secondary N) is 1. The van der Waals surface area contributed by atoms with Gasteiger partial charge in [-0.15, -0.1) is 0 Å². The highest BCUT2D eigenvalue weighted by atomic mass is 16.6. The molecule has 0 aromatic heterocycles. The molecule has 1 aromatic carbocycles. The Bertz CT molecular complexity index is 700. The van der Waals surface area contributed by atoms with Gasteiger partial charge in [0.1, 0.15) is 12.2 Å². The van der Waals surface area contributed by atoms with Crippen molar-refractivity contribution in [2.75, 3.05) is 19.7 Å². The summed E-state index contributed by atoms with van der Waals surface area (Å²) in [5.74, 6) is -0.599. The summed E-state index contributed by atoms with van der Waals surface area (Å²) in [5.41, 5.74) is -1.20. The van der Waals surface area contributed by atoms with E-state index in [0.717, 1.165) is 5.56 Å². The summed E-state index contributed by atoms with van der Waals surface area (Å²) in [4.78, 5) is 38.6. The van der Waals surface area contributed by atoms with Gasteiger partial charge in [0.2, 0.25) is 0 Å². The molecular weight excluding hydrogens is 364 g/mol. The van der Waals surface area contributed by atoms with Crippen LogP contribution in [0.2, 0.25) is 0 Å². The molecule has 8 nitrogen and oxygen atoms in total. The molecule has 0 spiro atoms. The van der Waals surface area contributed by atoms with Crippen LogP contribution in [-0.2, 0) is 25.6 Å². The minimum atomic E-state index is -1.36. The summed E-state index contributed by atoms with van der Waals surface area (Å²) in [5, 5.41) is 2.61. The Morgan fingerprint density at radius 2 is 1.82 bits per heavy atom. The van der Waals surface area contributed by atoms with Gasteiger partial charge in [-0.1, -0.05) is 30.3 Å². The molecule has 8 heteroatoms. The summed E-state index contributed by atoms with van der Waals surface area (Å²) in [7, 11) is 0. The molecule has 28 heavy (non-hydrogen) atoms. The smallest absolute Gasteiger partial charge is 0.410 e. The molecule has 1 atom stereocenters. The fraction of sp³-hybridized carbons (Fsp3) is 0.550. The average Bonchev–Trinajstić information content (AvgIpc) is 3.05. The zero-order valence-electron chi connectivity index (χ0n) is 16.8. The molecule has 0 unspecified atom stereocenters. The Labute approximate surface area is 165 Å². The number of likely N-dealkylation sites (tertiary alicyclic amines) is 1. The second-order valence-electron chi connectivity index (χ2n) is 7.64. The number of alkyl carbamates (subject to hydrolysis) is 1. The first-order chi connectivity index (χ1) is 13.1. The minimum absolute atomic E-state index is 0.0405. The fourth-order valence-electron chi connectivity index (χ4n) is 2.84. The van der Waals surface area contributed by atoms with E-state index in [0.29, 0.717) is 0 Å². The van der Waals surface area contributed by atoms with Gasteiger partial charge in [-0.25, -0.2) is 14.4 Å². The molecule has 0 radical (unpaired) electrons. The number of ether oxygens (including phenoxy) is 3. The number of esters is 1. The highest BCUT2D eigenvalue weighted by Crippen LogP contribution is 2.25. The Morgan fingerprint density at radius 1 is 1.14 bits per heavy atom. The molecule has 1 N–H and O–H groups in total. The third kappa shape index (κ3) is 5.87. The standard InChI is InChI=1S/C20H28N2O6/c1-5-26-16(23)20(11-12-22(14-20)18(25)28-19(2,3)4)21-17(24)27-13-15-9-7-6-8-10-15/h6-10H,5,11-14H2,1-4H3,(H,21,24)/t20-/m0/s1. The van der Waals surface area contributed by atoms with E-state index in [1.54, 1.807) is 27.7 Å². The molecule has 0 aliphatic carbocycles. The second kappa shape index (κ2) is 8.95. The third-order valence-electron chi connectivity index (χ3n) is 4.14. The van der Waals surface area contributed by atoms with Crippen molar-refractivity contribution in [3.63, 3.8) is 0 Å². The number of hydrogen-bond donors (Lipinski definition) is 1. The van der Waals surface area contributed by atoms with Gasteiger partial charge in [-0.2, -0.15) is 0 Å². The lowest BCUT2D eigenvalue weighted by molar-refractivity contribution is -0.150. The maximum Gasteiger partial charge on any atom is 0.410 e. The number of benzene rings is 1. The van der Waals surface area contributed by atoms with Gasteiger partial charge >= 0.3 is 18.2 Å². The molecule has 1 aliphatic rings. The number of amides is 2. The summed E-state index contributed by atoms with van der Waals surface area (Å²) >= 11 is 0. The number of nitrogens with zero attached hydrogens (tertiary/aromatic N) is 1. The van der Waals surface area contributed by atoms with Gasteiger partial charge in [-0.05, 0) is 33.3 Å². The lowest BCUT2D eigenvalue weighted by Gasteiger charge is -2.28. The van der Waals surface area contributed by atoms with Gasteiger partial charge in [0.05, 0.1) is 13.2 Å². The van der Waals surface area contributed by atoms with Crippen molar-refractivity contribution in [1.29, 1.82) is 0 Å². The van der Waals surface area contributed by atoms with E-state index in [-0.39, 0.29) is 32.7 Å². The van der Waals surface area contributed by atoms with Crippen LogP contribution in [0, 0.1) is 0 Å². The molecule has 1 aromatic rings. The lowest BCUT2D eigenvalue weighted by atomic mass is 9.99. The van der Waals surface area contributed by atoms with Crippen molar-refractivity contribution in [2.24, 2.45) is 0 Å². The number of carbonyl (C=O) groups is 3. The molecule has 0 saturated carbocycles. The minimum Gasteiger partial charge on any atom is -0.464 e. The number of hydrogen-bond acceptors (Lipinski definition) is 6. The van der Waals surface area contributed by atoms with Crippen LogP contribution >= 0.6 is 0 Å².